The van der Waals surface area contributed by atoms with Gasteiger partial charge in [-0.3, -0.25) is 4.79 Å². The lowest BCUT2D eigenvalue weighted by atomic mass is 10.0. The molecule has 1 aliphatic heterocycles. The van der Waals surface area contributed by atoms with Gasteiger partial charge in [0, 0.05) is 12.6 Å². The van der Waals surface area contributed by atoms with E-state index in [1.54, 1.807) is 0 Å². The van der Waals surface area contributed by atoms with Gasteiger partial charge < -0.3 is 4.90 Å². The molecule has 0 aliphatic carbocycles. The molecule has 1 saturated heterocycles. The lowest BCUT2D eigenvalue weighted by molar-refractivity contribution is -0.131. The topological polar surface area (TPSA) is 20.3 Å². The number of likely N-dealkylation sites (tertiary alicyclic amines) is 1. The average Bonchev–Trinajstić information content (AvgIpc) is 2.04. The minimum Gasteiger partial charge on any atom is -0.339 e. The lowest BCUT2D eigenvalue weighted by Gasteiger charge is -2.32. The average molecular weight is 220 g/mol. The zero-order valence-corrected chi connectivity index (χ0v) is 8.43. The molecule has 1 heterocycles. The molecule has 1 aliphatic rings. The van der Waals surface area contributed by atoms with Crippen molar-refractivity contribution in [3.05, 3.63) is 0 Å². The van der Waals surface area contributed by atoms with Crippen molar-refractivity contribution in [2.75, 3.05) is 11.9 Å². The number of nitrogens with zero attached hydrogens (tertiary/aromatic N) is 1. The highest BCUT2D eigenvalue weighted by Gasteiger charge is 2.21. The highest BCUT2D eigenvalue weighted by Crippen LogP contribution is 2.16. The van der Waals surface area contributed by atoms with Crippen LogP contribution in [-0.2, 0) is 4.79 Å². The quantitative estimate of drug-likeness (QED) is 0.617. The van der Waals surface area contributed by atoms with Crippen LogP contribution in [0.3, 0.4) is 0 Å². The van der Waals surface area contributed by atoms with Gasteiger partial charge in [-0.25, -0.2) is 0 Å². The Bertz CT molecular complexity index is 149. The second-order valence-corrected chi connectivity index (χ2v) is 3.63. The van der Waals surface area contributed by atoms with Crippen molar-refractivity contribution in [1.29, 1.82) is 0 Å². The van der Waals surface area contributed by atoms with Gasteiger partial charge >= 0.3 is 0 Å². The van der Waals surface area contributed by atoms with E-state index in [-0.39, 0.29) is 5.91 Å². The van der Waals surface area contributed by atoms with Crippen LogP contribution >= 0.6 is 15.9 Å². The van der Waals surface area contributed by atoms with Gasteiger partial charge in [0.25, 0.3) is 0 Å². The molecule has 0 aromatic heterocycles. The van der Waals surface area contributed by atoms with Crippen LogP contribution in [0.25, 0.3) is 0 Å². The molecule has 2 nitrogen and oxygen atoms in total. The molecular weight excluding hydrogens is 206 g/mol. The van der Waals surface area contributed by atoms with E-state index in [4.69, 9.17) is 0 Å². The Kier molecular flexibility index (Phi) is 3.37. The number of hydrogen-bond donors (Lipinski definition) is 0. The largest absolute Gasteiger partial charge is 0.339 e. The molecule has 1 amide bonds. The molecule has 1 fully saturated rings. The number of carbonyl (C=O) groups excluding carboxylic acids is 1. The van der Waals surface area contributed by atoms with Crippen LogP contribution in [0.1, 0.15) is 26.2 Å². The molecule has 0 N–H and O–H groups in total. The number of rotatable bonds is 1. The number of alkyl halides is 1. The van der Waals surface area contributed by atoms with Crippen molar-refractivity contribution in [2.45, 2.75) is 32.2 Å². The standard InChI is InChI=1S/C8H14BrNO/c1-7-4-2-3-5-10(7)8(11)6-9/h7H,2-6H2,1H3/t7-/m1/s1. The first-order chi connectivity index (χ1) is 5.25. The summed E-state index contributed by atoms with van der Waals surface area (Å²) in [4.78, 5) is 13.2. The van der Waals surface area contributed by atoms with Gasteiger partial charge in [0.1, 0.15) is 0 Å². The van der Waals surface area contributed by atoms with Crippen LogP contribution in [0.5, 0.6) is 0 Å². The van der Waals surface area contributed by atoms with Crippen molar-refractivity contribution in [3.63, 3.8) is 0 Å². The van der Waals surface area contributed by atoms with Crippen LogP contribution < -0.4 is 0 Å². The molecule has 0 unspecified atom stereocenters. The number of carbonyl (C=O) groups is 1. The Morgan fingerprint density at radius 2 is 2.36 bits per heavy atom. The van der Waals surface area contributed by atoms with Crippen molar-refractivity contribution in [3.8, 4) is 0 Å². The summed E-state index contributed by atoms with van der Waals surface area (Å²) in [6.07, 6.45) is 3.61. The van der Waals surface area contributed by atoms with E-state index in [0.29, 0.717) is 11.4 Å². The maximum atomic E-state index is 11.3. The first-order valence-corrected chi connectivity index (χ1v) is 5.23. The molecule has 1 rings (SSSR count). The van der Waals surface area contributed by atoms with Gasteiger partial charge in [-0.1, -0.05) is 15.9 Å². The summed E-state index contributed by atoms with van der Waals surface area (Å²) in [5.41, 5.74) is 0. The Morgan fingerprint density at radius 3 is 2.91 bits per heavy atom. The van der Waals surface area contributed by atoms with Crippen molar-refractivity contribution >= 4 is 21.8 Å². The Hall–Kier alpha value is -0.0500. The summed E-state index contributed by atoms with van der Waals surface area (Å²) >= 11 is 3.19. The summed E-state index contributed by atoms with van der Waals surface area (Å²) in [7, 11) is 0. The van der Waals surface area contributed by atoms with E-state index < -0.39 is 0 Å². The monoisotopic (exact) mass is 219 g/mol. The minimum atomic E-state index is 0.234. The first kappa shape index (κ1) is 9.04. The molecule has 64 valence electrons. The van der Waals surface area contributed by atoms with E-state index >= 15 is 0 Å². The van der Waals surface area contributed by atoms with E-state index in [9.17, 15) is 4.79 Å². The Balaban J connectivity index is 2.47. The molecule has 11 heavy (non-hydrogen) atoms. The Labute approximate surface area is 76.1 Å². The van der Waals surface area contributed by atoms with Gasteiger partial charge in [0.05, 0.1) is 5.33 Å². The van der Waals surface area contributed by atoms with E-state index in [2.05, 4.69) is 22.9 Å². The number of amides is 1. The first-order valence-electron chi connectivity index (χ1n) is 4.11. The summed E-state index contributed by atoms with van der Waals surface area (Å²) in [5, 5.41) is 0.470. The van der Waals surface area contributed by atoms with Gasteiger partial charge in [0.15, 0.2) is 0 Å². The van der Waals surface area contributed by atoms with Crippen LogP contribution in [0.4, 0.5) is 0 Å². The van der Waals surface area contributed by atoms with Gasteiger partial charge in [0.2, 0.25) is 5.91 Å². The number of hydrogen-bond acceptors (Lipinski definition) is 1. The molecule has 0 saturated carbocycles. The molecule has 0 aromatic carbocycles. The fourth-order valence-electron chi connectivity index (χ4n) is 1.55. The van der Waals surface area contributed by atoms with Crippen LogP contribution in [0, 0.1) is 0 Å². The SMILES string of the molecule is C[C@@H]1CCCCN1C(=O)CBr. The normalized spacial score (nSPS) is 25.3. The van der Waals surface area contributed by atoms with Crippen LogP contribution in [-0.4, -0.2) is 28.7 Å². The maximum absolute atomic E-state index is 11.3. The zero-order valence-electron chi connectivity index (χ0n) is 6.85. The van der Waals surface area contributed by atoms with E-state index in [1.165, 1.54) is 19.3 Å². The maximum Gasteiger partial charge on any atom is 0.233 e. The van der Waals surface area contributed by atoms with Gasteiger partial charge in [-0.05, 0) is 26.2 Å². The fourth-order valence-corrected chi connectivity index (χ4v) is 1.87. The van der Waals surface area contributed by atoms with Gasteiger partial charge in [-0.15, -0.1) is 0 Å². The molecule has 3 heteroatoms. The fraction of sp³-hybridized carbons (Fsp3) is 0.875. The molecule has 0 radical (unpaired) electrons. The van der Waals surface area contributed by atoms with Crippen LogP contribution in [0.15, 0.2) is 0 Å². The minimum absolute atomic E-state index is 0.234. The molecule has 0 bridgehead atoms. The second kappa shape index (κ2) is 4.10. The molecule has 1 atom stereocenters. The summed E-state index contributed by atoms with van der Waals surface area (Å²) in [5.74, 6) is 0.234. The van der Waals surface area contributed by atoms with E-state index in [0.717, 1.165) is 6.54 Å². The predicted molar refractivity (Wildman–Crippen MR) is 48.8 cm³/mol. The van der Waals surface area contributed by atoms with Crippen LogP contribution in [0.2, 0.25) is 0 Å². The second-order valence-electron chi connectivity index (χ2n) is 3.07. The number of piperidine rings is 1. The van der Waals surface area contributed by atoms with Crippen molar-refractivity contribution in [2.24, 2.45) is 0 Å². The third-order valence-corrected chi connectivity index (χ3v) is 2.72. The van der Waals surface area contributed by atoms with Crippen molar-refractivity contribution in [1.82, 2.24) is 4.90 Å². The lowest BCUT2D eigenvalue weighted by Crippen LogP contribution is -2.42. The zero-order chi connectivity index (χ0) is 8.27. The van der Waals surface area contributed by atoms with E-state index in [1.807, 2.05) is 4.90 Å². The third kappa shape index (κ3) is 2.19. The summed E-state index contributed by atoms with van der Waals surface area (Å²) in [6.45, 7) is 3.07. The molecule has 0 spiro atoms. The van der Waals surface area contributed by atoms with Crippen molar-refractivity contribution < 1.29 is 4.79 Å². The summed E-state index contributed by atoms with van der Waals surface area (Å²) < 4.78 is 0. The van der Waals surface area contributed by atoms with Gasteiger partial charge in [-0.2, -0.15) is 0 Å². The smallest absolute Gasteiger partial charge is 0.233 e. The predicted octanol–water partition coefficient (Wildman–Crippen LogP) is 1.78. The third-order valence-electron chi connectivity index (χ3n) is 2.24. The highest BCUT2D eigenvalue weighted by molar-refractivity contribution is 9.09. The number of halogens is 1. The molecule has 0 aromatic rings. The summed E-state index contributed by atoms with van der Waals surface area (Å²) in [6, 6.07) is 0.453. The highest BCUT2D eigenvalue weighted by atomic mass is 79.9. The molecular formula is C8H14BrNO. The Morgan fingerprint density at radius 1 is 1.64 bits per heavy atom.